The lowest BCUT2D eigenvalue weighted by Gasteiger charge is -2.09. The number of para-hydroxylation sites is 1. The van der Waals surface area contributed by atoms with Crippen molar-refractivity contribution in [3.63, 3.8) is 0 Å². The first-order valence-electron chi connectivity index (χ1n) is 11.5. The molecule has 1 N–H and O–H groups in total. The number of benzene rings is 3. The number of aryl methyl sites for hydroxylation is 1. The number of amides is 1. The normalized spacial score (nSPS) is 11.0. The topological polar surface area (TPSA) is 89.2 Å². The van der Waals surface area contributed by atoms with Gasteiger partial charge >= 0.3 is 0 Å². The molecule has 1 heterocycles. The molecule has 0 aliphatic heterocycles. The molecule has 1 amide bonds. The van der Waals surface area contributed by atoms with Gasteiger partial charge in [0.25, 0.3) is 5.91 Å². The van der Waals surface area contributed by atoms with Crippen LogP contribution in [0.5, 0.6) is 11.5 Å². The van der Waals surface area contributed by atoms with E-state index in [9.17, 15) is 10.1 Å². The summed E-state index contributed by atoms with van der Waals surface area (Å²) in [6.07, 6.45) is 3.37. The number of aromatic nitrogens is 2. The van der Waals surface area contributed by atoms with Crippen LogP contribution in [0.25, 0.3) is 23.0 Å². The number of anilines is 1. The second-order valence-electron chi connectivity index (χ2n) is 7.98. The van der Waals surface area contributed by atoms with Crippen LogP contribution in [-0.2, 0) is 4.79 Å². The molecule has 3 aromatic carbocycles. The Bertz CT molecular complexity index is 1450. The summed E-state index contributed by atoms with van der Waals surface area (Å²) in [5.41, 5.74) is 4.45. The molecule has 0 aliphatic rings. The number of nitriles is 1. The number of carbonyl (C=O) groups is 1. The number of carbonyl (C=O) groups excluding carboxylic acids is 1. The second kappa shape index (κ2) is 11.1. The summed E-state index contributed by atoms with van der Waals surface area (Å²) < 4.78 is 12.6. The third-order valence-corrected chi connectivity index (χ3v) is 5.50. The molecule has 7 heteroatoms. The van der Waals surface area contributed by atoms with E-state index in [1.54, 1.807) is 42.1 Å². The molecular weight excluding hydrogens is 452 g/mol. The molecule has 4 aromatic rings. The highest BCUT2D eigenvalue weighted by Gasteiger charge is 2.16. The number of hydrogen-bond donors (Lipinski definition) is 1. The molecule has 4 rings (SSSR count). The maximum Gasteiger partial charge on any atom is 0.266 e. The number of nitrogens with zero attached hydrogens (tertiary/aromatic N) is 3. The van der Waals surface area contributed by atoms with E-state index in [2.05, 4.69) is 5.32 Å². The summed E-state index contributed by atoms with van der Waals surface area (Å²) in [7, 11) is 1.55. The zero-order valence-corrected chi connectivity index (χ0v) is 20.4. The van der Waals surface area contributed by atoms with Gasteiger partial charge < -0.3 is 14.8 Å². The second-order valence-corrected chi connectivity index (χ2v) is 7.98. The van der Waals surface area contributed by atoms with Crippen molar-refractivity contribution in [2.75, 3.05) is 19.0 Å². The average Bonchev–Trinajstić information content (AvgIpc) is 3.33. The quantitative estimate of drug-likeness (QED) is 0.255. The van der Waals surface area contributed by atoms with Crippen molar-refractivity contribution in [1.82, 2.24) is 9.78 Å². The van der Waals surface area contributed by atoms with E-state index in [-0.39, 0.29) is 5.57 Å². The summed E-state index contributed by atoms with van der Waals surface area (Å²) >= 11 is 0. The third-order valence-electron chi connectivity index (χ3n) is 5.50. The molecular formula is C29H26N4O3. The molecule has 0 radical (unpaired) electrons. The molecule has 0 aliphatic carbocycles. The lowest BCUT2D eigenvalue weighted by Crippen LogP contribution is -2.13. The van der Waals surface area contributed by atoms with E-state index >= 15 is 0 Å². The van der Waals surface area contributed by atoms with Crippen molar-refractivity contribution in [3.8, 4) is 34.5 Å². The molecule has 0 unspecified atom stereocenters. The minimum atomic E-state index is -0.521. The van der Waals surface area contributed by atoms with Gasteiger partial charge in [-0.2, -0.15) is 10.4 Å². The van der Waals surface area contributed by atoms with E-state index in [0.29, 0.717) is 29.3 Å². The summed E-state index contributed by atoms with van der Waals surface area (Å²) in [5.74, 6) is 0.885. The molecule has 0 saturated carbocycles. The highest BCUT2D eigenvalue weighted by Crippen LogP contribution is 2.30. The van der Waals surface area contributed by atoms with Gasteiger partial charge in [0.05, 0.1) is 19.4 Å². The van der Waals surface area contributed by atoms with Gasteiger partial charge in [-0.05, 0) is 68.0 Å². The molecule has 1 aromatic heterocycles. The summed E-state index contributed by atoms with van der Waals surface area (Å²) in [4.78, 5) is 13.0. The first kappa shape index (κ1) is 24.3. The number of rotatable bonds is 8. The van der Waals surface area contributed by atoms with Gasteiger partial charge in [-0.3, -0.25) is 4.79 Å². The minimum Gasteiger partial charge on any atom is -0.497 e. The fourth-order valence-electron chi connectivity index (χ4n) is 3.75. The Hall–Kier alpha value is -4.83. The predicted molar refractivity (Wildman–Crippen MR) is 140 cm³/mol. The van der Waals surface area contributed by atoms with Gasteiger partial charge in [0.2, 0.25) is 0 Å². The molecule has 7 nitrogen and oxygen atoms in total. The molecule has 180 valence electrons. The van der Waals surface area contributed by atoms with Crippen molar-refractivity contribution in [1.29, 1.82) is 5.26 Å². The number of nitrogens with one attached hydrogen (secondary N) is 1. The van der Waals surface area contributed by atoms with Crippen molar-refractivity contribution in [2.45, 2.75) is 13.8 Å². The molecule has 0 saturated heterocycles. The van der Waals surface area contributed by atoms with Crippen molar-refractivity contribution in [2.24, 2.45) is 0 Å². The maximum atomic E-state index is 13.0. The average molecular weight is 479 g/mol. The Morgan fingerprint density at radius 1 is 1.11 bits per heavy atom. The maximum absolute atomic E-state index is 13.0. The van der Waals surface area contributed by atoms with E-state index in [4.69, 9.17) is 14.6 Å². The van der Waals surface area contributed by atoms with Gasteiger partial charge in [-0.25, -0.2) is 4.68 Å². The highest BCUT2D eigenvalue weighted by molar-refractivity contribution is 6.10. The van der Waals surface area contributed by atoms with Gasteiger partial charge in [-0.1, -0.05) is 24.3 Å². The van der Waals surface area contributed by atoms with Gasteiger partial charge in [0.1, 0.15) is 28.8 Å². The first-order chi connectivity index (χ1) is 17.5. The third kappa shape index (κ3) is 5.45. The van der Waals surface area contributed by atoms with Crippen LogP contribution < -0.4 is 14.8 Å². The van der Waals surface area contributed by atoms with Crippen LogP contribution in [0.3, 0.4) is 0 Å². The largest absolute Gasteiger partial charge is 0.497 e. The Morgan fingerprint density at radius 2 is 1.92 bits per heavy atom. The van der Waals surface area contributed by atoms with Crippen molar-refractivity contribution in [3.05, 3.63) is 95.7 Å². The summed E-state index contributed by atoms with van der Waals surface area (Å²) in [5, 5.41) is 17.4. The smallest absolute Gasteiger partial charge is 0.266 e. The van der Waals surface area contributed by atoms with E-state index in [1.807, 2.05) is 74.6 Å². The predicted octanol–water partition coefficient (Wildman–Crippen LogP) is 5.80. The molecule has 0 spiro atoms. The van der Waals surface area contributed by atoms with Gasteiger partial charge in [0, 0.05) is 29.1 Å². The van der Waals surface area contributed by atoms with E-state index < -0.39 is 5.91 Å². The Labute approximate surface area is 210 Å². The number of methoxy groups -OCH3 is 1. The van der Waals surface area contributed by atoms with Crippen LogP contribution >= 0.6 is 0 Å². The fourth-order valence-corrected chi connectivity index (χ4v) is 3.75. The zero-order valence-electron chi connectivity index (χ0n) is 20.4. The van der Waals surface area contributed by atoms with Crippen LogP contribution in [0.15, 0.2) is 84.6 Å². The molecule has 0 bridgehead atoms. The van der Waals surface area contributed by atoms with Crippen LogP contribution in [0.4, 0.5) is 5.69 Å². The number of hydrogen-bond acceptors (Lipinski definition) is 5. The fraction of sp³-hybridized carbons (Fsp3) is 0.138. The van der Waals surface area contributed by atoms with Crippen LogP contribution in [0.1, 0.15) is 18.1 Å². The number of ether oxygens (including phenoxy) is 2. The monoisotopic (exact) mass is 478 g/mol. The lowest BCUT2D eigenvalue weighted by molar-refractivity contribution is -0.112. The summed E-state index contributed by atoms with van der Waals surface area (Å²) in [6.45, 7) is 4.49. The highest BCUT2D eigenvalue weighted by atomic mass is 16.5. The molecule has 36 heavy (non-hydrogen) atoms. The van der Waals surface area contributed by atoms with Crippen LogP contribution in [-0.4, -0.2) is 29.4 Å². The van der Waals surface area contributed by atoms with Crippen molar-refractivity contribution >= 4 is 17.7 Å². The van der Waals surface area contributed by atoms with Gasteiger partial charge in [0.15, 0.2) is 0 Å². The van der Waals surface area contributed by atoms with E-state index in [1.165, 1.54) is 0 Å². The lowest BCUT2D eigenvalue weighted by atomic mass is 10.0. The Morgan fingerprint density at radius 3 is 2.61 bits per heavy atom. The van der Waals surface area contributed by atoms with Gasteiger partial charge in [-0.15, -0.1) is 0 Å². The minimum absolute atomic E-state index is 0.0469. The summed E-state index contributed by atoms with van der Waals surface area (Å²) in [6, 6.07) is 24.5. The van der Waals surface area contributed by atoms with Crippen LogP contribution in [0, 0.1) is 18.3 Å². The van der Waals surface area contributed by atoms with Crippen molar-refractivity contribution < 1.29 is 14.3 Å². The first-order valence-corrected chi connectivity index (χ1v) is 11.5. The SMILES string of the molecule is CCOc1ccc(-c2nn(-c3ccccc3)cc2/C=C(/C#N)C(=O)Nc2cccc(OC)c2)cc1C. The standard InChI is InChI=1S/C29H26N4O3/c1-4-36-27-14-13-21(15-20(27)2)28-23(19-33(32-28)25-10-6-5-7-11-25)16-22(18-30)29(34)31-24-9-8-12-26(17-24)35-3/h5-17,19H,4H2,1-3H3,(H,31,34)/b22-16-. The zero-order chi connectivity index (χ0) is 25.5. The van der Waals surface area contributed by atoms with E-state index in [0.717, 1.165) is 22.6 Å². The molecule has 0 atom stereocenters. The van der Waals surface area contributed by atoms with Crippen LogP contribution in [0.2, 0.25) is 0 Å². The Balaban J connectivity index is 1.75. The Kier molecular flexibility index (Phi) is 7.47. The molecule has 0 fully saturated rings.